The van der Waals surface area contributed by atoms with Crippen LogP contribution in [0.4, 0.5) is 0 Å². The molecule has 1 aromatic rings. The highest BCUT2D eigenvalue weighted by molar-refractivity contribution is 9.09. The fraction of sp³-hybridized carbons (Fsp3) is 0.455. The molecule has 2 heteroatoms. The molecule has 0 aromatic heterocycles. The van der Waals surface area contributed by atoms with Gasteiger partial charge in [0.1, 0.15) is 0 Å². The lowest BCUT2D eigenvalue weighted by Crippen LogP contribution is -1.97. The maximum atomic E-state index is 9.13. The number of rotatable bonds is 4. The monoisotopic (exact) mass is 242 g/mol. The molecule has 1 N–H and O–H groups in total. The van der Waals surface area contributed by atoms with Crippen molar-refractivity contribution in [2.45, 2.75) is 26.4 Å². The highest BCUT2D eigenvalue weighted by Gasteiger charge is 2.03. The van der Waals surface area contributed by atoms with Gasteiger partial charge in [-0.1, -0.05) is 34.1 Å². The van der Waals surface area contributed by atoms with Gasteiger partial charge in [-0.15, -0.1) is 0 Å². The fourth-order valence-electron chi connectivity index (χ4n) is 1.51. The lowest BCUT2D eigenvalue weighted by Gasteiger charge is -2.09. The number of benzene rings is 1. The van der Waals surface area contributed by atoms with Crippen molar-refractivity contribution in [2.24, 2.45) is 0 Å². The van der Waals surface area contributed by atoms with E-state index in [0.717, 1.165) is 23.7 Å². The van der Waals surface area contributed by atoms with Crippen molar-refractivity contribution < 1.29 is 5.11 Å². The van der Waals surface area contributed by atoms with E-state index in [2.05, 4.69) is 28.9 Å². The summed E-state index contributed by atoms with van der Waals surface area (Å²) in [5.74, 6) is 0. The standard InChI is InChI=1S/C11H15BrO/c1-9-4-2-5-10(8-13)11(9)6-3-7-12/h2,4-5,13H,3,6-8H2,1H3. The normalized spacial score (nSPS) is 10.4. The van der Waals surface area contributed by atoms with Crippen LogP contribution in [-0.4, -0.2) is 10.4 Å². The van der Waals surface area contributed by atoms with E-state index >= 15 is 0 Å². The smallest absolute Gasteiger partial charge is 0.0684 e. The summed E-state index contributed by atoms with van der Waals surface area (Å²) in [5, 5.41) is 10.2. The van der Waals surface area contributed by atoms with E-state index in [0.29, 0.717) is 0 Å². The first-order chi connectivity index (χ1) is 6.29. The minimum atomic E-state index is 0.152. The number of alkyl halides is 1. The number of aryl methyl sites for hydroxylation is 1. The van der Waals surface area contributed by atoms with Crippen molar-refractivity contribution in [3.05, 3.63) is 34.9 Å². The molecule has 0 aliphatic rings. The molecule has 13 heavy (non-hydrogen) atoms. The number of aliphatic hydroxyl groups is 1. The number of aliphatic hydroxyl groups excluding tert-OH is 1. The summed E-state index contributed by atoms with van der Waals surface area (Å²) in [6.07, 6.45) is 2.17. The number of hydrogen-bond donors (Lipinski definition) is 1. The molecule has 0 unspecified atom stereocenters. The molecule has 0 amide bonds. The number of halogens is 1. The zero-order valence-electron chi connectivity index (χ0n) is 7.89. The van der Waals surface area contributed by atoms with E-state index in [-0.39, 0.29) is 6.61 Å². The summed E-state index contributed by atoms with van der Waals surface area (Å²) < 4.78 is 0. The predicted molar refractivity (Wildman–Crippen MR) is 59.2 cm³/mol. The van der Waals surface area contributed by atoms with Crippen molar-refractivity contribution in [3.63, 3.8) is 0 Å². The second kappa shape index (κ2) is 5.40. The van der Waals surface area contributed by atoms with E-state index in [9.17, 15) is 0 Å². The molecule has 1 rings (SSSR count). The second-order valence-corrected chi connectivity index (χ2v) is 3.96. The molecule has 0 saturated carbocycles. The average Bonchev–Trinajstić information content (AvgIpc) is 2.15. The van der Waals surface area contributed by atoms with E-state index in [4.69, 9.17) is 5.11 Å². The van der Waals surface area contributed by atoms with Gasteiger partial charge in [0.2, 0.25) is 0 Å². The largest absolute Gasteiger partial charge is 0.392 e. The average molecular weight is 243 g/mol. The van der Waals surface area contributed by atoms with E-state index in [1.165, 1.54) is 11.1 Å². The van der Waals surface area contributed by atoms with Crippen LogP contribution in [0.3, 0.4) is 0 Å². The topological polar surface area (TPSA) is 20.2 Å². The van der Waals surface area contributed by atoms with Gasteiger partial charge in [0.25, 0.3) is 0 Å². The van der Waals surface area contributed by atoms with Crippen molar-refractivity contribution >= 4 is 15.9 Å². The molecule has 1 aromatic carbocycles. The van der Waals surface area contributed by atoms with Crippen LogP contribution >= 0.6 is 15.9 Å². The van der Waals surface area contributed by atoms with Crippen LogP contribution in [0.25, 0.3) is 0 Å². The van der Waals surface area contributed by atoms with Gasteiger partial charge in [0, 0.05) is 5.33 Å². The minimum Gasteiger partial charge on any atom is -0.392 e. The molecular formula is C11H15BrO. The van der Waals surface area contributed by atoms with E-state index < -0.39 is 0 Å². The molecule has 0 heterocycles. The van der Waals surface area contributed by atoms with E-state index in [1.54, 1.807) is 0 Å². The van der Waals surface area contributed by atoms with Crippen molar-refractivity contribution in [1.82, 2.24) is 0 Å². The molecule has 1 nitrogen and oxygen atoms in total. The second-order valence-electron chi connectivity index (χ2n) is 3.16. The van der Waals surface area contributed by atoms with Gasteiger partial charge >= 0.3 is 0 Å². The Labute approximate surface area is 87.9 Å². The molecule has 0 aliphatic carbocycles. The number of hydrogen-bond acceptors (Lipinski definition) is 1. The Bertz CT molecular complexity index is 271. The fourth-order valence-corrected chi connectivity index (χ4v) is 1.79. The van der Waals surface area contributed by atoms with Crippen LogP contribution in [0.5, 0.6) is 0 Å². The van der Waals surface area contributed by atoms with Crippen molar-refractivity contribution in [1.29, 1.82) is 0 Å². The Balaban J connectivity index is 2.87. The Morgan fingerprint density at radius 2 is 2.15 bits per heavy atom. The Morgan fingerprint density at radius 1 is 1.38 bits per heavy atom. The summed E-state index contributed by atoms with van der Waals surface area (Å²) in [5.41, 5.74) is 3.66. The quantitative estimate of drug-likeness (QED) is 0.806. The third-order valence-electron chi connectivity index (χ3n) is 2.24. The maximum absolute atomic E-state index is 9.13. The van der Waals surface area contributed by atoms with Crippen LogP contribution in [0.1, 0.15) is 23.1 Å². The summed E-state index contributed by atoms with van der Waals surface area (Å²) in [7, 11) is 0. The maximum Gasteiger partial charge on any atom is 0.0684 e. The van der Waals surface area contributed by atoms with Gasteiger partial charge in [0.15, 0.2) is 0 Å². The molecule has 0 bridgehead atoms. The zero-order valence-corrected chi connectivity index (χ0v) is 9.47. The summed E-state index contributed by atoms with van der Waals surface area (Å²) >= 11 is 3.42. The molecule has 72 valence electrons. The third kappa shape index (κ3) is 2.82. The van der Waals surface area contributed by atoms with Gasteiger partial charge in [0.05, 0.1) is 6.61 Å². The Kier molecular flexibility index (Phi) is 4.46. The Morgan fingerprint density at radius 3 is 2.77 bits per heavy atom. The first-order valence-corrected chi connectivity index (χ1v) is 5.66. The summed E-state index contributed by atoms with van der Waals surface area (Å²) in [6, 6.07) is 6.10. The van der Waals surface area contributed by atoms with Crippen LogP contribution in [0.2, 0.25) is 0 Å². The molecule has 0 saturated heterocycles. The van der Waals surface area contributed by atoms with Gasteiger partial charge in [-0.05, 0) is 36.5 Å². The Hall–Kier alpha value is -0.340. The first-order valence-electron chi connectivity index (χ1n) is 4.53. The van der Waals surface area contributed by atoms with Crippen LogP contribution in [0.15, 0.2) is 18.2 Å². The van der Waals surface area contributed by atoms with Crippen LogP contribution < -0.4 is 0 Å². The van der Waals surface area contributed by atoms with Gasteiger partial charge in [-0.2, -0.15) is 0 Å². The van der Waals surface area contributed by atoms with E-state index in [1.807, 2.05) is 12.1 Å². The zero-order chi connectivity index (χ0) is 9.68. The van der Waals surface area contributed by atoms with Gasteiger partial charge in [-0.25, -0.2) is 0 Å². The van der Waals surface area contributed by atoms with Crippen LogP contribution in [0, 0.1) is 6.92 Å². The highest BCUT2D eigenvalue weighted by atomic mass is 79.9. The first kappa shape index (κ1) is 10.7. The van der Waals surface area contributed by atoms with Gasteiger partial charge in [-0.3, -0.25) is 0 Å². The predicted octanol–water partition coefficient (Wildman–Crippen LogP) is 2.81. The van der Waals surface area contributed by atoms with Crippen molar-refractivity contribution in [2.75, 3.05) is 5.33 Å². The summed E-state index contributed by atoms with van der Waals surface area (Å²) in [6.45, 7) is 2.25. The third-order valence-corrected chi connectivity index (χ3v) is 2.80. The van der Waals surface area contributed by atoms with Crippen LogP contribution in [-0.2, 0) is 13.0 Å². The molecule has 0 fully saturated rings. The molecular weight excluding hydrogens is 228 g/mol. The highest BCUT2D eigenvalue weighted by Crippen LogP contribution is 2.16. The molecule has 0 spiro atoms. The minimum absolute atomic E-state index is 0.152. The molecule has 0 radical (unpaired) electrons. The lowest BCUT2D eigenvalue weighted by atomic mass is 9.98. The summed E-state index contributed by atoms with van der Waals surface area (Å²) in [4.78, 5) is 0. The van der Waals surface area contributed by atoms with Crippen molar-refractivity contribution in [3.8, 4) is 0 Å². The lowest BCUT2D eigenvalue weighted by molar-refractivity contribution is 0.280. The van der Waals surface area contributed by atoms with Gasteiger partial charge < -0.3 is 5.11 Å². The SMILES string of the molecule is Cc1cccc(CO)c1CCCBr. The molecule has 0 atom stereocenters. The molecule has 0 aliphatic heterocycles.